The van der Waals surface area contributed by atoms with Crippen molar-refractivity contribution in [1.82, 2.24) is 10.2 Å². The lowest BCUT2D eigenvalue weighted by Crippen LogP contribution is -2.35. The van der Waals surface area contributed by atoms with Gasteiger partial charge in [0.05, 0.1) is 0 Å². The first-order valence-electron chi connectivity index (χ1n) is 6.94. The van der Waals surface area contributed by atoms with Crippen LogP contribution in [0.1, 0.15) is 25.8 Å². The summed E-state index contributed by atoms with van der Waals surface area (Å²) in [7, 11) is 0. The molecule has 1 N–H and O–H groups in total. The number of halogens is 2. The van der Waals surface area contributed by atoms with Crippen LogP contribution in [0.3, 0.4) is 0 Å². The van der Waals surface area contributed by atoms with Gasteiger partial charge in [-0.1, -0.05) is 23.2 Å². The second-order valence-corrected chi connectivity index (χ2v) is 6.53. The predicted molar refractivity (Wildman–Crippen MR) is 83.0 cm³/mol. The van der Waals surface area contributed by atoms with Crippen LogP contribution in [-0.4, -0.2) is 30.6 Å². The van der Waals surface area contributed by atoms with E-state index in [2.05, 4.69) is 24.1 Å². The zero-order valence-corrected chi connectivity index (χ0v) is 13.1. The molecule has 1 fully saturated rings. The van der Waals surface area contributed by atoms with E-state index in [4.69, 9.17) is 23.2 Å². The van der Waals surface area contributed by atoms with Crippen molar-refractivity contribution >= 4 is 23.2 Å². The Balaban J connectivity index is 2.02. The Morgan fingerprint density at radius 3 is 2.47 bits per heavy atom. The second-order valence-electron chi connectivity index (χ2n) is 5.66. The Kier molecular flexibility index (Phi) is 5.52. The van der Waals surface area contributed by atoms with E-state index in [9.17, 15) is 0 Å². The molecule has 19 heavy (non-hydrogen) atoms. The van der Waals surface area contributed by atoms with Gasteiger partial charge in [-0.15, -0.1) is 0 Å². The Hall–Kier alpha value is -0.280. The van der Waals surface area contributed by atoms with Crippen LogP contribution in [0.2, 0.25) is 10.0 Å². The number of rotatable bonds is 5. The highest BCUT2D eigenvalue weighted by Crippen LogP contribution is 2.22. The molecule has 2 nitrogen and oxygen atoms in total. The molecule has 4 heteroatoms. The van der Waals surface area contributed by atoms with Gasteiger partial charge in [-0.25, -0.2) is 0 Å². The number of nitrogens with one attached hydrogen (secondary N) is 1. The summed E-state index contributed by atoms with van der Waals surface area (Å²) < 4.78 is 0. The van der Waals surface area contributed by atoms with Crippen LogP contribution in [0.25, 0.3) is 0 Å². The van der Waals surface area contributed by atoms with Crippen molar-refractivity contribution in [3.63, 3.8) is 0 Å². The van der Waals surface area contributed by atoms with Crippen LogP contribution in [0.5, 0.6) is 0 Å². The normalized spacial score (nSPS) is 19.6. The zero-order valence-electron chi connectivity index (χ0n) is 11.6. The summed E-state index contributed by atoms with van der Waals surface area (Å²) in [4.78, 5) is 2.50. The highest BCUT2D eigenvalue weighted by molar-refractivity contribution is 6.34. The fourth-order valence-corrected chi connectivity index (χ4v) is 3.17. The number of hydrogen-bond acceptors (Lipinski definition) is 2. The lowest BCUT2D eigenvalue weighted by atomic mass is 10.1. The molecule has 2 rings (SSSR count). The average Bonchev–Trinajstić information content (AvgIpc) is 2.79. The molecule has 0 aliphatic carbocycles. The van der Waals surface area contributed by atoms with Gasteiger partial charge in [0.15, 0.2) is 0 Å². The number of benzene rings is 1. The highest BCUT2D eigenvalue weighted by atomic mass is 35.5. The highest BCUT2D eigenvalue weighted by Gasteiger charge is 2.20. The van der Waals surface area contributed by atoms with E-state index in [1.807, 2.05) is 12.1 Å². The minimum absolute atomic E-state index is 0.526. The predicted octanol–water partition coefficient (Wildman–Crippen LogP) is 3.81. The van der Waals surface area contributed by atoms with Crippen molar-refractivity contribution in [2.45, 2.75) is 32.9 Å². The third-order valence-electron chi connectivity index (χ3n) is 3.69. The van der Waals surface area contributed by atoms with Gasteiger partial charge in [0.2, 0.25) is 0 Å². The van der Waals surface area contributed by atoms with Crippen molar-refractivity contribution in [3.05, 3.63) is 33.8 Å². The molecule has 1 aromatic carbocycles. The van der Waals surface area contributed by atoms with Crippen molar-refractivity contribution in [2.75, 3.05) is 19.6 Å². The van der Waals surface area contributed by atoms with Crippen molar-refractivity contribution in [2.24, 2.45) is 5.92 Å². The molecule has 1 aliphatic rings. The molecule has 0 radical (unpaired) electrons. The van der Waals surface area contributed by atoms with Gasteiger partial charge in [0.25, 0.3) is 0 Å². The van der Waals surface area contributed by atoms with E-state index in [-0.39, 0.29) is 0 Å². The van der Waals surface area contributed by atoms with Gasteiger partial charge in [0.1, 0.15) is 0 Å². The molecule has 0 amide bonds. The summed E-state index contributed by atoms with van der Waals surface area (Å²) in [5, 5.41) is 4.86. The molecule has 1 saturated heterocycles. The second kappa shape index (κ2) is 6.94. The molecule has 0 bridgehead atoms. The summed E-state index contributed by atoms with van der Waals surface area (Å²) in [6.45, 7) is 8.82. The van der Waals surface area contributed by atoms with Crippen molar-refractivity contribution < 1.29 is 0 Å². The van der Waals surface area contributed by atoms with Gasteiger partial charge >= 0.3 is 0 Å². The molecule has 0 saturated carbocycles. The molecule has 0 aromatic heterocycles. The topological polar surface area (TPSA) is 15.3 Å². The minimum atomic E-state index is 0.526. The molecule has 1 aromatic rings. The summed E-state index contributed by atoms with van der Waals surface area (Å²) in [5.74, 6) is 0.761. The number of nitrogens with zero attached hydrogens (tertiary/aromatic N) is 1. The minimum Gasteiger partial charge on any atom is -0.316 e. The third-order valence-corrected chi connectivity index (χ3v) is 4.13. The van der Waals surface area contributed by atoms with E-state index < -0.39 is 0 Å². The van der Waals surface area contributed by atoms with Crippen LogP contribution < -0.4 is 5.32 Å². The van der Waals surface area contributed by atoms with Gasteiger partial charge in [-0.05, 0) is 63.0 Å². The average molecular weight is 301 g/mol. The SMILES string of the molecule is CC(C)N(Cc1cc(Cl)cc(Cl)c1)C[C@H]1CCNC1. The zero-order chi connectivity index (χ0) is 13.8. The van der Waals surface area contributed by atoms with E-state index in [0.717, 1.165) is 32.1 Å². The molecule has 1 heterocycles. The summed E-state index contributed by atoms with van der Waals surface area (Å²) in [6, 6.07) is 6.33. The molecule has 1 atom stereocenters. The first-order valence-corrected chi connectivity index (χ1v) is 7.70. The summed E-state index contributed by atoms with van der Waals surface area (Å²) in [5.41, 5.74) is 1.19. The first kappa shape index (κ1) is 15.1. The van der Waals surface area contributed by atoms with Crippen LogP contribution >= 0.6 is 23.2 Å². The van der Waals surface area contributed by atoms with E-state index >= 15 is 0 Å². The van der Waals surface area contributed by atoms with E-state index in [1.165, 1.54) is 12.0 Å². The fourth-order valence-electron chi connectivity index (χ4n) is 2.60. The Morgan fingerprint density at radius 2 is 1.95 bits per heavy atom. The van der Waals surface area contributed by atoms with Gasteiger partial charge in [0, 0.05) is 29.2 Å². The largest absolute Gasteiger partial charge is 0.316 e. The number of hydrogen-bond donors (Lipinski definition) is 1. The van der Waals surface area contributed by atoms with Crippen molar-refractivity contribution in [3.8, 4) is 0 Å². The van der Waals surface area contributed by atoms with Crippen LogP contribution in [0.15, 0.2) is 18.2 Å². The van der Waals surface area contributed by atoms with Crippen LogP contribution in [-0.2, 0) is 6.54 Å². The monoisotopic (exact) mass is 300 g/mol. The Morgan fingerprint density at radius 1 is 1.26 bits per heavy atom. The molecule has 0 spiro atoms. The Bertz CT molecular complexity index is 394. The molecular weight excluding hydrogens is 279 g/mol. The van der Waals surface area contributed by atoms with Crippen LogP contribution in [0.4, 0.5) is 0 Å². The smallest absolute Gasteiger partial charge is 0.0424 e. The van der Waals surface area contributed by atoms with E-state index in [1.54, 1.807) is 6.07 Å². The maximum Gasteiger partial charge on any atom is 0.0424 e. The van der Waals surface area contributed by atoms with Gasteiger partial charge in [-0.3, -0.25) is 4.90 Å². The van der Waals surface area contributed by atoms with Gasteiger partial charge in [-0.2, -0.15) is 0 Å². The van der Waals surface area contributed by atoms with Crippen molar-refractivity contribution in [1.29, 1.82) is 0 Å². The molecule has 1 aliphatic heterocycles. The van der Waals surface area contributed by atoms with E-state index in [0.29, 0.717) is 16.1 Å². The third kappa shape index (κ3) is 4.64. The standard InChI is InChI=1S/C15H22Cl2N2/c1-11(2)19(9-12-3-4-18-8-12)10-13-5-14(16)7-15(17)6-13/h5-7,11-12,18H,3-4,8-10H2,1-2H3/t12-/m0/s1. The Labute approximate surface area is 126 Å². The lowest BCUT2D eigenvalue weighted by molar-refractivity contribution is 0.184. The lowest BCUT2D eigenvalue weighted by Gasteiger charge is -2.29. The molecule has 106 valence electrons. The first-order chi connectivity index (χ1) is 9.04. The molecule has 0 unspecified atom stereocenters. The van der Waals surface area contributed by atoms with Crippen LogP contribution in [0, 0.1) is 5.92 Å². The maximum absolute atomic E-state index is 6.07. The quantitative estimate of drug-likeness (QED) is 0.889. The molecular formula is C15H22Cl2N2. The fraction of sp³-hybridized carbons (Fsp3) is 0.600. The maximum atomic E-state index is 6.07. The summed E-state index contributed by atoms with van der Waals surface area (Å²) >= 11 is 12.1. The van der Waals surface area contributed by atoms with Gasteiger partial charge < -0.3 is 5.32 Å². The summed E-state index contributed by atoms with van der Waals surface area (Å²) in [6.07, 6.45) is 1.28.